The second-order valence-electron chi connectivity index (χ2n) is 5.32. The van der Waals surface area contributed by atoms with Crippen LogP contribution in [0.4, 0.5) is 4.39 Å². The Morgan fingerprint density at radius 2 is 1.71 bits per heavy atom. The second kappa shape index (κ2) is 8.03. The number of nitrogens with one attached hydrogen (secondary N) is 2. The first-order chi connectivity index (χ1) is 11.4. The van der Waals surface area contributed by atoms with Gasteiger partial charge in [0, 0.05) is 6.54 Å². The Morgan fingerprint density at radius 3 is 2.33 bits per heavy atom. The summed E-state index contributed by atoms with van der Waals surface area (Å²) < 4.78 is 39.4. The summed E-state index contributed by atoms with van der Waals surface area (Å²) in [4.78, 5) is 11.9. The molecule has 128 valence electrons. The molecule has 0 spiro atoms. The van der Waals surface area contributed by atoms with Crippen molar-refractivity contribution in [2.24, 2.45) is 0 Å². The smallest absolute Gasteiger partial charge is 0.241 e. The third kappa shape index (κ3) is 5.14. The normalized spacial score (nSPS) is 12.6. The fourth-order valence-corrected chi connectivity index (χ4v) is 3.30. The van der Waals surface area contributed by atoms with Crippen LogP contribution in [0.3, 0.4) is 0 Å². The molecule has 2 rings (SSSR count). The zero-order valence-electron chi connectivity index (χ0n) is 13.2. The van der Waals surface area contributed by atoms with E-state index < -0.39 is 27.8 Å². The SMILES string of the molecule is CC(NS(=O)(=O)c1ccc(F)cc1)C(=O)NCCc1ccccc1. The summed E-state index contributed by atoms with van der Waals surface area (Å²) in [7, 11) is -3.88. The van der Waals surface area contributed by atoms with E-state index in [1.165, 1.54) is 6.92 Å². The predicted octanol–water partition coefficient (Wildman–Crippen LogP) is 1.85. The molecule has 1 amide bonds. The van der Waals surface area contributed by atoms with E-state index in [0.29, 0.717) is 13.0 Å². The number of carbonyl (C=O) groups excluding carboxylic acids is 1. The molecule has 24 heavy (non-hydrogen) atoms. The van der Waals surface area contributed by atoms with Crippen LogP contribution in [-0.2, 0) is 21.2 Å². The molecule has 0 aliphatic carbocycles. The molecule has 2 aromatic rings. The van der Waals surface area contributed by atoms with E-state index in [9.17, 15) is 17.6 Å². The highest BCUT2D eigenvalue weighted by molar-refractivity contribution is 7.89. The van der Waals surface area contributed by atoms with Gasteiger partial charge in [0.05, 0.1) is 10.9 Å². The van der Waals surface area contributed by atoms with Crippen molar-refractivity contribution >= 4 is 15.9 Å². The highest BCUT2D eigenvalue weighted by Crippen LogP contribution is 2.10. The number of hydrogen-bond donors (Lipinski definition) is 2. The van der Waals surface area contributed by atoms with Crippen LogP contribution in [0.25, 0.3) is 0 Å². The maximum Gasteiger partial charge on any atom is 0.241 e. The van der Waals surface area contributed by atoms with Crippen molar-refractivity contribution in [2.75, 3.05) is 6.54 Å². The van der Waals surface area contributed by atoms with E-state index in [-0.39, 0.29) is 4.90 Å². The van der Waals surface area contributed by atoms with Crippen LogP contribution in [0.1, 0.15) is 12.5 Å². The molecular weight excluding hydrogens is 331 g/mol. The van der Waals surface area contributed by atoms with Crippen LogP contribution in [-0.4, -0.2) is 26.9 Å². The quantitative estimate of drug-likeness (QED) is 0.800. The Kier molecular flexibility index (Phi) is 6.05. The van der Waals surface area contributed by atoms with Gasteiger partial charge in [-0.15, -0.1) is 0 Å². The molecule has 0 aliphatic heterocycles. The maximum absolute atomic E-state index is 12.9. The minimum absolute atomic E-state index is 0.0900. The Hall–Kier alpha value is -2.25. The third-order valence-electron chi connectivity index (χ3n) is 3.40. The molecule has 0 radical (unpaired) electrons. The van der Waals surface area contributed by atoms with Crippen molar-refractivity contribution in [1.82, 2.24) is 10.0 Å². The fraction of sp³-hybridized carbons (Fsp3) is 0.235. The summed E-state index contributed by atoms with van der Waals surface area (Å²) in [5.41, 5.74) is 1.08. The molecule has 7 heteroatoms. The van der Waals surface area contributed by atoms with Crippen LogP contribution in [0.5, 0.6) is 0 Å². The second-order valence-corrected chi connectivity index (χ2v) is 7.04. The zero-order valence-corrected chi connectivity index (χ0v) is 14.0. The Balaban J connectivity index is 1.87. The number of hydrogen-bond acceptors (Lipinski definition) is 3. The van der Waals surface area contributed by atoms with Crippen molar-refractivity contribution in [3.05, 3.63) is 66.0 Å². The predicted molar refractivity (Wildman–Crippen MR) is 89.3 cm³/mol. The highest BCUT2D eigenvalue weighted by atomic mass is 32.2. The van der Waals surface area contributed by atoms with Gasteiger partial charge in [-0.1, -0.05) is 30.3 Å². The number of benzene rings is 2. The third-order valence-corrected chi connectivity index (χ3v) is 4.96. The van der Waals surface area contributed by atoms with Crippen LogP contribution in [0.15, 0.2) is 59.5 Å². The van der Waals surface area contributed by atoms with Gasteiger partial charge < -0.3 is 5.32 Å². The van der Waals surface area contributed by atoms with Gasteiger partial charge in [-0.2, -0.15) is 4.72 Å². The molecule has 0 fully saturated rings. The van der Waals surface area contributed by atoms with Crippen molar-refractivity contribution in [2.45, 2.75) is 24.3 Å². The molecule has 0 aromatic heterocycles. The molecule has 1 unspecified atom stereocenters. The van der Waals surface area contributed by atoms with Crippen LogP contribution in [0, 0.1) is 5.82 Å². The minimum Gasteiger partial charge on any atom is -0.354 e. The van der Waals surface area contributed by atoms with Gasteiger partial charge in [0.2, 0.25) is 15.9 Å². The van der Waals surface area contributed by atoms with E-state index in [1.54, 1.807) is 0 Å². The van der Waals surface area contributed by atoms with Crippen LogP contribution in [0.2, 0.25) is 0 Å². The number of rotatable bonds is 7. The van der Waals surface area contributed by atoms with Crippen LogP contribution < -0.4 is 10.0 Å². The maximum atomic E-state index is 12.9. The molecule has 2 N–H and O–H groups in total. The average Bonchev–Trinajstić information content (AvgIpc) is 2.55. The molecular formula is C17H19FN2O3S. The largest absolute Gasteiger partial charge is 0.354 e. The molecule has 0 saturated carbocycles. The first kappa shape index (κ1) is 18.1. The lowest BCUT2D eigenvalue weighted by Crippen LogP contribution is -2.45. The number of carbonyl (C=O) groups is 1. The molecule has 2 aromatic carbocycles. The molecule has 0 aliphatic rings. The Labute approximate surface area is 141 Å². The van der Waals surface area contributed by atoms with Gasteiger partial charge >= 0.3 is 0 Å². The lowest BCUT2D eigenvalue weighted by molar-refractivity contribution is -0.122. The van der Waals surface area contributed by atoms with E-state index in [4.69, 9.17) is 0 Å². The Bertz CT molecular complexity index is 777. The average molecular weight is 350 g/mol. The summed E-state index contributed by atoms with van der Waals surface area (Å²) in [5.74, 6) is -0.947. The topological polar surface area (TPSA) is 75.3 Å². The molecule has 1 atom stereocenters. The van der Waals surface area contributed by atoms with Gasteiger partial charge in [0.25, 0.3) is 0 Å². The van der Waals surface area contributed by atoms with Crippen molar-refractivity contribution < 1.29 is 17.6 Å². The monoisotopic (exact) mass is 350 g/mol. The standard InChI is InChI=1S/C17H19FN2O3S/c1-13(17(21)19-12-11-14-5-3-2-4-6-14)20-24(22,23)16-9-7-15(18)8-10-16/h2-10,13,20H,11-12H2,1H3,(H,19,21). The van der Waals surface area contributed by atoms with Gasteiger partial charge in [-0.3, -0.25) is 4.79 Å². The first-order valence-electron chi connectivity index (χ1n) is 7.48. The number of halogens is 1. The molecule has 0 heterocycles. The van der Waals surface area contributed by atoms with E-state index >= 15 is 0 Å². The van der Waals surface area contributed by atoms with Gasteiger partial charge in [-0.25, -0.2) is 12.8 Å². The van der Waals surface area contributed by atoms with E-state index in [1.807, 2.05) is 30.3 Å². The summed E-state index contributed by atoms with van der Waals surface area (Å²) >= 11 is 0. The van der Waals surface area contributed by atoms with E-state index in [0.717, 1.165) is 29.8 Å². The van der Waals surface area contributed by atoms with Crippen molar-refractivity contribution in [3.63, 3.8) is 0 Å². The van der Waals surface area contributed by atoms with Crippen LogP contribution >= 0.6 is 0 Å². The zero-order chi connectivity index (χ0) is 17.6. The highest BCUT2D eigenvalue weighted by Gasteiger charge is 2.21. The first-order valence-corrected chi connectivity index (χ1v) is 8.96. The van der Waals surface area contributed by atoms with Gasteiger partial charge in [-0.05, 0) is 43.2 Å². The fourth-order valence-electron chi connectivity index (χ4n) is 2.10. The van der Waals surface area contributed by atoms with Gasteiger partial charge in [0.15, 0.2) is 0 Å². The summed E-state index contributed by atoms with van der Waals surface area (Å²) in [6.45, 7) is 1.87. The lowest BCUT2D eigenvalue weighted by Gasteiger charge is -2.14. The van der Waals surface area contributed by atoms with Crippen molar-refractivity contribution in [1.29, 1.82) is 0 Å². The molecule has 5 nitrogen and oxygen atoms in total. The lowest BCUT2D eigenvalue weighted by atomic mass is 10.1. The van der Waals surface area contributed by atoms with Crippen molar-refractivity contribution in [3.8, 4) is 0 Å². The van der Waals surface area contributed by atoms with E-state index in [2.05, 4.69) is 10.0 Å². The molecule has 0 bridgehead atoms. The Morgan fingerprint density at radius 1 is 1.08 bits per heavy atom. The minimum atomic E-state index is -3.88. The molecule has 0 saturated heterocycles. The summed E-state index contributed by atoms with van der Waals surface area (Å²) in [5, 5.41) is 2.69. The van der Waals surface area contributed by atoms with Gasteiger partial charge in [0.1, 0.15) is 5.82 Å². The number of sulfonamides is 1. The number of amides is 1. The summed E-state index contributed by atoms with van der Waals surface area (Å²) in [6.07, 6.45) is 0.657. The summed E-state index contributed by atoms with van der Waals surface area (Å²) in [6, 6.07) is 13.1.